The van der Waals surface area contributed by atoms with Gasteiger partial charge in [-0.2, -0.15) is 13.5 Å². The molecule has 10 heteroatoms. The molecule has 1 fully saturated rings. The maximum atomic E-state index is 11.8. The lowest BCUT2D eigenvalue weighted by atomic mass is 10.0. The molecule has 0 aromatic carbocycles. The Morgan fingerprint density at radius 1 is 1.61 bits per heavy atom. The monoisotopic (exact) mass is 277 g/mol. The average molecular weight is 277 g/mol. The maximum Gasteiger partial charge on any atom is 0.418 e. The molecule has 3 N–H and O–H groups in total. The largest absolute Gasteiger partial charge is 0.418 e. The van der Waals surface area contributed by atoms with E-state index in [-0.39, 0.29) is 6.54 Å². The molecule has 100 valence electrons. The Labute approximate surface area is 103 Å². The van der Waals surface area contributed by atoms with Crippen LogP contribution in [-0.2, 0) is 19.5 Å². The number of carbonyl (C=O) groups is 2. The van der Waals surface area contributed by atoms with Crippen molar-refractivity contribution in [2.45, 2.75) is 19.0 Å². The highest BCUT2D eigenvalue weighted by molar-refractivity contribution is 7.80. The van der Waals surface area contributed by atoms with Crippen molar-refractivity contribution in [1.82, 2.24) is 9.96 Å². The molecule has 2 bridgehead atoms. The quantitative estimate of drug-likeness (QED) is 0.484. The summed E-state index contributed by atoms with van der Waals surface area (Å²) in [7, 11) is -4.81. The Kier molecular flexibility index (Phi) is 2.80. The molecule has 1 unspecified atom stereocenters. The van der Waals surface area contributed by atoms with Crippen molar-refractivity contribution in [2.75, 3.05) is 6.54 Å². The zero-order chi connectivity index (χ0) is 13.7. The fourth-order valence-electron chi connectivity index (χ4n) is 2.03. The van der Waals surface area contributed by atoms with E-state index in [0.717, 1.165) is 4.90 Å². The van der Waals surface area contributed by atoms with Gasteiger partial charge < -0.3 is 10.6 Å². The fourth-order valence-corrected chi connectivity index (χ4v) is 2.40. The summed E-state index contributed by atoms with van der Waals surface area (Å²) in [6.07, 6.45) is 1.46. The second kappa shape index (κ2) is 3.93. The molecule has 2 atom stereocenters. The molecular weight excluding hydrogens is 266 g/mol. The molecule has 2 heterocycles. The molecule has 2 rings (SSSR count). The molecule has 0 aromatic heterocycles. The van der Waals surface area contributed by atoms with Crippen molar-refractivity contribution in [3.8, 4) is 0 Å². The van der Waals surface area contributed by atoms with E-state index in [1.165, 1.54) is 6.08 Å². The van der Waals surface area contributed by atoms with Gasteiger partial charge in [0.25, 0.3) is 0 Å². The summed E-state index contributed by atoms with van der Waals surface area (Å²) >= 11 is 0. The smallest absolute Gasteiger partial charge is 0.368 e. The Morgan fingerprint density at radius 2 is 2.22 bits per heavy atom. The Morgan fingerprint density at radius 3 is 2.72 bits per heavy atom. The summed E-state index contributed by atoms with van der Waals surface area (Å²) in [5.41, 5.74) is 5.70. The highest BCUT2D eigenvalue weighted by Gasteiger charge is 2.48. The summed E-state index contributed by atoms with van der Waals surface area (Å²) in [5, 5.41) is 0.518. The van der Waals surface area contributed by atoms with Crippen molar-refractivity contribution in [3.05, 3.63) is 11.6 Å². The lowest BCUT2D eigenvalue weighted by Gasteiger charge is -2.25. The lowest BCUT2D eigenvalue weighted by Crippen LogP contribution is -2.46. The Bertz CT molecular complexity index is 541. The first-order chi connectivity index (χ1) is 8.20. The second-order valence-electron chi connectivity index (χ2n) is 4.04. The van der Waals surface area contributed by atoms with Crippen LogP contribution >= 0.6 is 0 Å². The number of nitrogens with zero attached hydrogens (tertiary/aromatic N) is 2. The predicted octanol–water partition coefficient (Wildman–Crippen LogP) is -1.36. The van der Waals surface area contributed by atoms with Gasteiger partial charge in [-0.25, -0.2) is 4.79 Å². The third-order valence-electron chi connectivity index (χ3n) is 2.84. The van der Waals surface area contributed by atoms with Gasteiger partial charge in [0.1, 0.15) is 12.1 Å². The van der Waals surface area contributed by atoms with Crippen LogP contribution in [0.3, 0.4) is 0 Å². The van der Waals surface area contributed by atoms with E-state index in [2.05, 4.69) is 4.28 Å². The minimum atomic E-state index is -4.81. The average Bonchev–Trinajstić information content (AvgIpc) is 2.47. The summed E-state index contributed by atoms with van der Waals surface area (Å²) in [6.45, 7) is 1.68. The normalized spacial score (nSPS) is 27.4. The highest BCUT2D eigenvalue weighted by atomic mass is 32.3. The lowest BCUT2D eigenvalue weighted by molar-refractivity contribution is -0.120. The summed E-state index contributed by atoms with van der Waals surface area (Å²) < 4.78 is 34.1. The Hall–Kier alpha value is -1.65. The molecule has 2 aliphatic rings. The van der Waals surface area contributed by atoms with Crippen LogP contribution in [0.25, 0.3) is 0 Å². The molecular formula is C8H11N3O6S. The zero-order valence-corrected chi connectivity index (χ0v) is 10.1. The number of carbonyl (C=O) groups excluding carboxylic acids is 2. The molecule has 18 heavy (non-hydrogen) atoms. The molecule has 0 aliphatic carbocycles. The van der Waals surface area contributed by atoms with E-state index in [1.807, 2.05) is 0 Å². The second-order valence-corrected chi connectivity index (χ2v) is 5.04. The fraction of sp³-hybridized carbons (Fsp3) is 0.500. The first-order valence-electron chi connectivity index (χ1n) is 4.95. The van der Waals surface area contributed by atoms with Gasteiger partial charge in [-0.1, -0.05) is 6.08 Å². The minimum absolute atomic E-state index is 0.0737. The van der Waals surface area contributed by atoms with Crippen molar-refractivity contribution in [2.24, 2.45) is 5.73 Å². The maximum absolute atomic E-state index is 11.8. The molecule has 1 saturated heterocycles. The number of hydroxylamine groups is 2. The number of fused-ring (bicyclic) bond motifs is 2. The predicted molar refractivity (Wildman–Crippen MR) is 57.1 cm³/mol. The molecule has 2 aliphatic heterocycles. The molecule has 9 nitrogen and oxygen atoms in total. The van der Waals surface area contributed by atoms with Crippen LogP contribution in [0.2, 0.25) is 0 Å². The molecule has 0 aromatic rings. The molecule has 0 spiro atoms. The summed E-state index contributed by atoms with van der Waals surface area (Å²) in [4.78, 5) is 24.1. The van der Waals surface area contributed by atoms with E-state index >= 15 is 0 Å². The van der Waals surface area contributed by atoms with E-state index in [9.17, 15) is 18.0 Å². The van der Waals surface area contributed by atoms with E-state index in [4.69, 9.17) is 10.3 Å². The number of amides is 3. The summed E-state index contributed by atoms with van der Waals surface area (Å²) in [5.74, 6) is -0.727. The number of urea groups is 1. The summed E-state index contributed by atoms with van der Waals surface area (Å²) in [6, 6.07) is -2.45. The van der Waals surface area contributed by atoms with E-state index < -0.39 is 34.4 Å². The van der Waals surface area contributed by atoms with Crippen LogP contribution in [0.15, 0.2) is 11.6 Å². The molecule has 0 radical (unpaired) electrons. The van der Waals surface area contributed by atoms with Gasteiger partial charge in [0.15, 0.2) is 0 Å². The number of primary amides is 1. The van der Waals surface area contributed by atoms with Crippen LogP contribution in [0.4, 0.5) is 4.79 Å². The first kappa shape index (κ1) is 12.8. The number of nitrogens with two attached hydrogens (primary N) is 1. The first-order valence-corrected chi connectivity index (χ1v) is 6.31. The van der Waals surface area contributed by atoms with Crippen LogP contribution in [0, 0.1) is 0 Å². The van der Waals surface area contributed by atoms with Gasteiger partial charge in [0.05, 0.1) is 6.54 Å². The van der Waals surface area contributed by atoms with E-state index in [0.29, 0.717) is 10.6 Å². The van der Waals surface area contributed by atoms with Gasteiger partial charge in [0.2, 0.25) is 5.91 Å². The zero-order valence-electron chi connectivity index (χ0n) is 9.31. The van der Waals surface area contributed by atoms with Crippen molar-refractivity contribution < 1.29 is 26.8 Å². The van der Waals surface area contributed by atoms with Crippen molar-refractivity contribution in [3.63, 3.8) is 0 Å². The van der Waals surface area contributed by atoms with Gasteiger partial charge >= 0.3 is 16.4 Å². The van der Waals surface area contributed by atoms with Crippen LogP contribution < -0.4 is 5.73 Å². The van der Waals surface area contributed by atoms with Crippen LogP contribution in [-0.4, -0.2) is 53.5 Å². The number of hydrogen-bond donors (Lipinski definition) is 2. The molecule has 0 saturated carbocycles. The minimum Gasteiger partial charge on any atom is -0.368 e. The number of hydrogen-bond acceptors (Lipinski definition) is 5. The third kappa shape index (κ3) is 2.05. The standard InChI is InChI=1S/C8H11N3O6S/c1-4-2-5(7(9)12)10-3-6(4)11(8(10)13)17-18(14,15)16/h2,5-6H,3H2,1H3,(H2,9,12)(H,14,15,16)/t5?,6-/m0/s1. The van der Waals surface area contributed by atoms with Crippen LogP contribution in [0.5, 0.6) is 0 Å². The van der Waals surface area contributed by atoms with Crippen molar-refractivity contribution in [1.29, 1.82) is 0 Å². The third-order valence-corrected chi connectivity index (χ3v) is 3.18. The van der Waals surface area contributed by atoms with Gasteiger partial charge in [-0.3, -0.25) is 9.35 Å². The topological polar surface area (TPSA) is 130 Å². The van der Waals surface area contributed by atoms with Gasteiger partial charge in [-0.15, -0.1) is 4.28 Å². The van der Waals surface area contributed by atoms with Gasteiger partial charge in [-0.05, 0) is 12.5 Å². The SMILES string of the molecule is CC1=CC(C(N)=O)N2C[C@@H]1N(OS(=O)(=O)O)C2=O. The van der Waals surface area contributed by atoms with E-state index in [1.54, 1.807) is 6.92 Å². The highest BCUT2D eigenvalue weighted by Crippen LogP contribution is 2.30. The molecule has 3 amide bonds. The Balaban J connectivity index is 2.34. The number of rotatable bonds is 3. The van der Waals surface area contributed by atoms with Crippen molar-refractivity contribution >= 4 is 22.3 Å². The van der Waals surface area contributed by atoms with Gasteiger partial charge in [0, 0.05) is 0 Å². The van der Waals surface area contributed by atoms with Crippen LogP contribution in [0.1, 0.15) is 6.92 Å².